The Morgan fingerprint density at radius 3 is 2.33 bits per heavy atom. The Hall–Kier alpha value is -4.89. The Kier molecular flexibility index (Phi) is 11.0. The average molecular weight is 550 g/mol. The SMILES string of the molecule is N#Cc1ccc(-c2nc(C(=O)NCCC3CCN(Cc4ccccc4F)CC3)no2)cc1.O=C(O)C=CC(=O)O. The summed E-state index contributed by atoms with van der Waals surface area (Å²) in [5.41, 5.74) is 1.92. The zero-order chi connectivity index (χ0) is 28.9. The maximum absolute atomic E-state index is 13.8. The van der Waals surface area contributed by atoms with Gasteiger partial charge in [0.2, 0.25) is 0 Å². The van der Waals surface area contributed by atoms with Crippen molar-refractivity contribution in [2.24, 2.45) is 5.92 Å². The summed E-state index contributed by atoms with van der Waals surface area (Å²) in [4.78, 5) is 37.9. The molecule has 3 aromatic rings. The van der Waals surface area contributed by atoms with Crippen molar-refractivity contribution in [2.75, 3.05) is 19.6 Å². The molecule has 0 bridgehead atoms. The predicted octanol–water partition coefficient (Wildman–Crippen LogP) is 3.49. The molecule has 1 saturated heterocycles. The first-order valence-electron chi connectivity index (χ1n) is 12.5. The van der Waals surface area contributed by atoms with E-state index in [0.717, 1.165) is 37.9 Å². The first-order chi connectivity index (χ1) is 19.2. The number of nitrogens with one attached hydrogen (secondary N) is 1. The molecule has 4 rings (SSSR count). The van der Waals surface area contributed by atoms with Gasteiger partial charge in [0, 0.05) is 36.4 Å². The van der Waals surface area contributed by atoms with Crippen molar-refractivity contribution in [1.82, 2.24) is 20.4 Å². The number of aromatic nitrogens is 2. The highest BCUT2D eigenvalue weighted by Gasteiger charge is 2.21. The molecule has 0 unspecified atom stereocenters. The molecule has 2 aromatic carbocycles. The van der Waals surface area contributed by atoms with Crippen LogP contribution in [0.1, 0.15) is 41.0 Å². The fourth-order valence-electron chi connectivity index (χ4n) is 4.03. The van der Waals surface area contributed by atoms with Crippen LogP contribution in [0, 0.1) is 23.1 Å². The molecule has 2 heterocycles. The molecule has 0 spiro atoms. The molecule has 1 fully saturated rings. The van der Waals surface area contributed by atoms with E-state index in [1.54, 1.807) is 30.3 Å². The van der Waals surface area contributed by atoms with E-state index in [1.807, 2.05) is 18.2 Å². The Bertz CT molecular complexity index is 1360. The summed E-state index contributed by atoms with van der Waals surface area (Å²) >= 11 is 0. The Morgan fingerprint density at radius 1 is 1.07 bits per heavy atom. The Labute approximate surface area is 229 Å². The molecule has 0 saturated carbocycles. The fraction of sp³-hybridized carbons (Fsp3) is 0.286. The number of aliphatic carboxylic acids is 2. The van der Waals surface area contributed by atoms with Gasteiger partial charge in [-0.2, -0.15) is 10.2 Å². The van der Waals surface area contributed by atoms with Gasteiger partial charge in [-0.15, -0.1) is 0 Å². The fourth-order valence-corrected chi connectivity index (χ4v) is 4.03. The van der Waals surface area contributed by atoms with E-state index in [-0.39, 0.29) is 23.4 Å². The van der Waals surface area contributed by atoms with E-state index in [9.17, 15) is 18.8 Å². The number of rotatable bonds is 9. The van der Waals surface area contributed by atoms with Gasteiger partial charge in [0.25, 0.3) is 17.6 Å². The zero-order valence-electron chi connectivity index (χ0n) is 21.5. The molecule has 1 amide bonds. The molecule has 0 atom stereocenters. The second-order valence-corrected chi connectivity index (χ2v) is 8.98. The number of amides is 1. The van der Waals surface area contributed by atoms with Crippen LogP contribution in [0.2, 0.25) is 0 Å². The number of piperidine rings is 1. The normalized spacial score (nSPS) is 13.7. The third kappa shape index (κ3) is 9.45. The number of carboxylic acids is 2. The second kappa shape index (κ2) is 14.9. The third-order valence-corrected chi connectivity index (χ3v) is 6.16. The number of carbonyl (C=O) groups is 3. The number of nitriles is 1. The summed E-state index contributed by atoms with van der Waals surface area (Å²) in [6.45, 7) is 3.02. The van der Waals surface area contributed by atoms with Gasteiger partial charge in [0.05, 0.1) is 11.6 Å². The van der Waals surface area contributed by atoms with Crippen molar-refractivity contribution >= 4 is 17.8 Å². The van der Waals surface area contributed by atoms with Crippen LogP contribution < -0.4 is 5.32 Å². The van der Waals surface area contributed by atoms with Gasteiger partial charge in [0.1, 0.15) is 5.82 Å². The van der Waals surface area contributed by atoms with Crippen molar-refractivity contribution in [2.45, 2.75) is 25.8 Å². The summed E-state index contributed by atoms with van der Waals surface area (Å²) in [5, 5.41) is 31.1. The number of hydrogen-bond acceptors (Lipinski definition) is 8. The van der Waals surface area contributed by atoms with Gasteiger partial charge in [-0.1, -0.05) is 23.4 Å². The smallest absolute Gasteiger partial charge is 0.328 e. The van der Waals surface area contributed by atoms with Crippen LogP contribution in [0.25, 0.3) is 11.5 Å². The summed E-state index contributed by atoms with van der Waals surface area (Å²) < 4.78 is 19.0. The van der Waals surface area contributed by atoms with E-state index >= 15 is 0 Å². The topological polar surface area (TPSA) is 170 Å². The highest BCUT2D eigenvalue weighted by Crippen LogP contribution is 2.22. The summed E-state index contributed by atoms with van der Waals surface area (Å²) in [5.74, 6) is -2.29. The standard InChI is InChI=1S/C24H24FN5O2.C4H4O4/c25-21-4-2-1-3-20(21)16-30-13-10-17(11-14-30)9-12-27-23(31)22-28-24(32-29-22)19-7-5-18(15-26)6-8-19;5-3(6)1-2-4(7)8/h1-8,17H,9-14,16H2,(H,27,31);1-2H,(H,5,6)(H,7,8). The van der Waals surface area contributed by atoms with E-state index in [2.05, 4.69) is 20.4 Å². The van der Waals surface area contributed by atoms with Crippen molar-refractivity contribution in [3.05, 3.63) is 83.5 Å². The van der Waals surface area contributed by atoms with Crippen molar-refractivity contribution in [3.8, 4) is 17.5 Å². The summed E-state index contributed by atoms with van der Waals surface area (Å²) in [7, 11) is 0. The van der Waals surface area contributed by atoms with Crippen LogP contribution in [0.3, 0.4) is 0 Å². The minimum absolute atomic E-state index is 0.0101. The summed E-state index contributed by atoms with van der Waals surface area (Å²) in [6, 6.07) is 15.7. The second-order valence-electron chi connectivity index (χ2n) is 8.98. The molecular weight excluding hydrogens is 521 g/mol. The number of halogens is 1. The Morgan fingerprint density at radius 2 is 1.73 bits per heavy atom. The number of carboxylic acid groups (broad SMARTS) is 2. The molecule has 1 aliphatic heterocycles. The van der Waals surface area contributed by atoms with E-state index < -0.39 is 11.9 Å². The lowest BCUT2D eigenvalue weighted by molar-refractivity contribution is -0.134. The zero-order valence-corrected chi connectivity index (χ0v) is 21.5. The summed E-state index contributed by atoms with van der Waals surface area (Å²) in [6.07, 6.45) is 4.04. The lowest BCUT2D eigenvalue weighted by atomic mass is 9.93. The van der Waals surface area contributed by atoms with Gasteiger partial charge >= 0.3 is 11.9 Å². The van der Waals surface area contributed by atoms with Crippen molar-refractivity contribution in [3.63, 3.8) is 0 Å². The highest BCUT2D eigenvalue weighted by atomic mass is 19.1. The molecule has 12 heteroatoms. The minimum Gasteiger partial charge on any atom is -0.478 e. The van der Waals surface area contributed by atoms with Crippen LogP contribution in [0.5, 0.6) is 0 Å². The van der Waals surface area contributed by atoms with Crippen LogP contribution in [-0.4, -0.2) is 62.7 Å². The Balaban J connectivity index is 0.000000482. The van der Waals surface area contributed by atoms with Gasteiger partial charge in [-0.05, 0) is 68.6 Å². The van der Waals surface area contributed by atoms with Gasteiger partial charge in [-0.25, -0.2) is 14.0 Å². The van der Waals surface area contributed by atoms with Gasteiger partial charge in [-0.3, -0.25) is 9.69 Å². The number of nitrogens with zero attached hydrogens (tertiary/aromatic N) is 4. The molecule has 40 heavy (non-hydrogen) atoms. The molecule has 0 aliphatic carbocycles. The first kappa shape index (κ1) is 29.7. The largest absolute Gasteiger partial charge is 0.478 e. The van der Waals surface area contributed by atoms with Gasteiger partial charge in [0.15, 0.2) is 0 Å². The van der Waals surface area contributed by atoms with Crippen LogP contribution >= 0.6 is 0 Å². The third-order valence-electron chi connectivity index (χ3n) is 6.16. The molecule has 0 radical (unpaired) electrons. The van der Waals surface area contributed by atoms with Crippen LogP contribution in [0.4, 0.5) is 4.39 Å². The average Bonchev–Trinajstić information content (AvgIpc) is 3.45. The maximum atomic E-state index is 13.8. The van der Waals surface area contributed by atoms with E-state index in [4.69, 9.17) is 20.0 Å². The van der Waals surface area contributed by atoms with Crippen LogP contribution in [0.15, 0.2) is 65.2 Å². The minimum atomic E-state index is -1.26. The lowest BCUT2D eigenvalue weighted by Crippen LogP contribution is -2.35. The molecule has 1 aromatic heterocycles. The number of benzene rings is 2. The maximum Gasteiger partial charge on any atom is 0.328 e. The van der Waals surface area contributed by atoms with Crippen molar-refractivity contribution < 1.29 is 33.5 Å². The molecule has 3 N–H and O–H groups in total. The van der Waals surface area contributed by atoms with E-state index in [0.29, 0.717) is 42.3 Å². The molecule has 11 nitrogen and oxygen atoms in total. The molecule has 208 valence electrons. The monoisotopic (exact) mass is 549 g/mol. The number of likely N-dealkylation sites (tertiary alicyclic amines) is 1. The number of carbonyl (C=O) groups excluding carboxylic acids is 1. The predicted molar refractivity (Wildman–Crippen MR) is 140 cm³/mol. The highest BCUT2D eigenvalue weighted by molar-refractivity contribution is 5.90. The van der Waals surface area contributed by atoms with Gasteiger partial charge < -0.3 is 20.1 Å². The quantitative estimate of drug-likeness (QED) is 0.336. The first-order valence-corrected chi connectivity index (χ1v) is 12.5. The number of hydrogen-bond donors (Lipinski definition) is 3. The van der Waals surface area contributed by atoms with Crippen molar-refractivity contribution in [1.29, 1.82) is 5.26 Å². The van der Waals surface area contributed by atoms with Crippen LogP contribution in [-0.2, 0) is 16.1 Å². The molecular formula is C28H28FN5O6. The molecule has 1 aliphatic rings. The lowest BCUT2D eigenvalue weighted by Gasteiger charge is -2.32. The van der Waals surface area contributed by atoms with E-state index in [1.165, 1.54) is 6.07 Å².